The summed E-state index contributed by atoms with van der Waals surface area (Å²) in [5, 5.41) is 3.13. The summed E-state index contributed by atoms with van der Waals surface area (Å²) in [6.07, 6.45) is 3.85. The fraction of sp³-hybridized carbons (Fsp3) is 0.615. The van der Waals surface area contributed by atoms with Gasteiger partial charge < -0.3 is 5.32 Å². The van der Waals surface area contributed by atoms with E-state index < -0.39 is 0 Å². The van der Waals surface area contributed by atoms with Crippen molar-refractivity contribution < 1.29 is 4.79 Å². The van der Waals surface area contributed by atoms with Gasteiger partial charge in [-0.2, -0.15) is 0 Å². The average molecular weight is 246 g/mol. The Hall–Kier alpha value is -1.65. The zero-order valence-electron chi connectivity index (χ0n) is 11.0. The van der Waals surface area contributed by atoms with Crippen molar-refractivity contribution in [3.8, 4) is 0 Å². The second-order valence-electron chi connectivity index (χ2n) is 5.61. The molecule has 18 heavy (non-hydrogen) atoms. The van der Waals surface area contributed by atoms with Gasteiger partial charge in [0.2, 0.25) is 0 Å². The van der Waals surface area contributed by atoms with E-state index in [2.05, 4.69) is 29.1 Å². The molecule has 1 aliphatic heterocycles. The third kappa shape index (κ3) is 1.57. The first-order valence-corrected chi connectivity index (χ1v) is 6.44. The van der Waals surface area contributed by atoms with Gasteiger partial charge in [-0.3, -0.25) is 4.90 Å². The Morgan fingerprint density at radius 2 is 2.22 bits per heavy atom. The molecule has 2 amide bonds. The van der Waals surface area contributed by atoms with Gasteiger partial charge in [-0.25, -0.2) is 14.8 Å². The molecule has 2 fully saturated rings. The Balaban J connectivity index is 2.01. The molecule has 1 saturated carbocycles. The Labute approximate surface area is 107 Å². The highest BCUT2D eigenvalue weighted by atomic mass is 16.2. The number of anilines is 1. The van der Waals surface area contributed by atoms with Crippen LogP contribution in [0.4, 0.5) is 10.6 Å². The maximum atomic E-state index is 12.2. The first kappa shape index (κ1) is 11.4. The minimum Gasteiger partial charge on any atom is -0.330 e. The lowest BCUT2D eigenvalue weighted by Gasteiger charge is -2.29. The van der Waals surface area contributed by atoms with E-state index in [1.807, 2.05) is 17.9 Å². The average Bonchev–Trinajstić information content (AvgIpc) is 2.97. The van der Waals surface area contributed by atoms with Crippen LogP contribution in [0.1, 0.15) is 32.5 Å². The smallest absolute Gasteiger partial charge is 0.323 e. The van der Waals surface area contributed by atoms with Crippen molar-refractivity contribution in [2.45, 2.75) is 45.2 Å². The zero-order chi connectivity index (χ0) is 12.9. The van der Waals surface area contributed by atoms with Crippen LogP contribution >= 0.6 is 0 Å². The molecule has 1 N–H and O–H groups in total. The van der Waals surface area contributed by atoms with Crippen molar-refractivity contribution in [1.82, 2.24) is 15.3 Å². The van der Waals surface area contributed by atoms with Crippen molar-refractivity contribution in [3.05, 3.63) is 18.1 Å². The summed E-state index contributed by atoms with van der Waals surface area (Å²) in [7, 11) is 0. The molecule has 2 heterocycles. The number of amides is 2. The number of nitrogens with zero attached hydrogens (tertiary/aromatic N) is 3. The molecule has 0 bridgehead atoms. The molecule has 1 aromatic rings. The molecule has 1 atom stereocenters. The van der Waals surface area contributed by atoms with Crippen LogP contribution < -0.4 is 10.2 Å². The standard InChI is InChI=1S/C13H18N4O/c1-8(2)11-13(5-6-13)16-12(18)17(11)10-4-7-14-9(3)15-10/h4,7-8,11H,5-6H2,1-3H3,(H,16,18)/t11-/m0/s1. The largest absolute Gasteiger partial charge is 0.330 e. The molecule has 1 aliphatic carbocycles. The molecule has 96 valence electrons. The second kappa shape index (κ2) is 3.67. The third-order valence-corrected chi connectivity index (χ3v) is 3.85. The minimum absolute atomic E-state index is 0.00982. The van der Waals surface area contributed by atoms with Crippen molar-refractivity contribution in [1.29, 1.82) is 0 Å². The van der Waals surface area contributed by atoms with E-state index in [0.29, 0.717) is 17.6 Å². The van der Waals surface area contributed by atoms with Gasteiger partial charge in [-0.05, 0) is 31.7 Å². The van der Waals surface area contributed by atoms with E-state index in [9.17, 15) is 4.79 Å². The predicted octanol–water partition coefficient (Wildman–Crippen LogP) is 1.87. The summed E-state index contributed by atoms with van der Waals surface area (Å²) >= 11 is 0. The van der Waals surface area contributed by atoms with E-state index in [4.69, 9.17) is 0 Å². The predicted molar refractivity (Wildman–Crippen MR) is 68.4 cm³/mol. The number of hydrogen-bond donors (Lipinski definition) is 1. The first-order chi connectivity index (χ1) is 8.53. The van der Waals surface area contributed by atoms with Crippen LogP contribution in [0.2, 0.25) is 0 Å². The molecule has 1 spiro atoms. The number of rotatable bonds is 2. The lowest BCUT2D eigenvalue weighted by molar-refractivity contribution is 0.250. The molecule has 5 heteroatoms. The summed E-state index contributed by atoms with van der Waals surface area (Å²) in [5.41, 5.74) is -0.00982. The van der Waals surface area contributed by atoms with Gasteiger partial charge in [0.05, 0.1) is 11.6 Å². The number of carbonyl (C=O) groups excluding carboxylic acids is 1. The van der Waals surface area contributed by atoms with E-state index in [-0.39, 0.29) is 17.6 Å². The number of urea groups is 1. The minimum atomic E-state index is -0.0238. The zero-order valence-corrected chi connectivity index (χ0v) is 11.0. The quantitative estimate of drug-likeness (QED) is 0.866. The van der Waals surface area contributed by atoms with Crippen LogP contribution in [-0.2, 0) is 0 Å². The third-order valence-electron chi connectivity index (χ3n) is 3.85. The molecule has 0 unspecified atom stereocenters. The summed E-state index contributed by atoms with van der Waals surface area (Å²) in [4.78, 5) is 22.5. The molecule has 1 saturated heterocycles. The number of aryl methyl sites for hydroxylation is 1. The monoisotopic (exact) mass is 246 g/mol. The van der Waals surface area contributed by atoms with Gasteiger partial charge in [0, 0.05) is 6.20 Å². The fourth-order valence-electron chi connectivity index (χ4n) is 3.04. The van der Waals surface area contributed by atoms with Gasteiger partial charge in [-0.15, -0.1) is 0 Å². The molecule has 1 aromatic heterocycles. The Kier molecular flexibility index (Phi) is 2.33. The topological polar surface area (TPSA) is 58.1 Å². The first-order valence-electron chi connectivity index (χ1n) is 6.44. The highest BCUT2D eigenvalue weighted by Crippen LogP contribution is 2.48. The Morgan fingerprint density at radius 3 is 2.78 bits per heavy atom. The molecular formula is C13H18N4O. The summed E-state index contributed by atoms with van der Waals surface area (Å²) < 4.78 is 0. The van der Waals surface area contributed by atoms with E-state index in [1.165, 1.54) is 0 Å². The van der Waals surface area contributed by atoms with E-state index >= 15 is 0 Å². The van der Waals surface area contributed by atoms with Crippen molar-refractivity contribution in [3.63, 3.8) is 0 Å². The van der Waals surface area contributed by atoms with Gasteiger partial charge in [0.1, 0.15) is 11.6 Å². The summed E-state index contributed by atoms with van der Waals surface area (Å²) in [6, 6.07) is 1.98. The molecule has 2 aliphatic rings. The van der Waals surface area contributed by atoms with Crippen molar-refractivity contribution in [2.24, 2.45) is 5.92 Å². The lowest BCUT2D eigenvalue weighted by Crippen LogP contribution is -2.43. The normalized spacial score (nSPS) is 24.8. The number of nitrogens with one attached hydrogen (secondary N) is 1. The number of aromatic nitrogens is 2. The highest BCUT2D eigenvalue weighted by Gasteiger charge is 2.60. The van der Waals surface area contributed by atoms with Crippen LogP contribution in [0.25, 0.3) is 0 Å². The Bertz CT molecular complexity index is 496. The van der Waals surface area contributed by atoms with Crippen LogP contribution in [0.3, 0.4) is 0 Å². The fourth-order valence-corrected chi connectivity index (χ4v) is 3.04. The molecule has 5 nitrogen and oxygen atoms in total. The van der Waals surface area contributed by atoms with Gasteiger partial charge in [-0.1, -0.05) is 13.8 Å². The summed E-state index contributed by atoms with van der Waals surface area (Å²) in [5.74, 6) is 1.81. The van der Waals surface area contributed by atoms with Crippen molar-refractivity contribution in [2.75, 3.05) is 4.90 Å². The number of hydrogen-bond acceptors (Lipinski definition) is 3. The van der Waals surface area contributed by atoms with Gasteiger partial charge in [0.15, 0.2) is 0 Å². The molecule has 0 radical (unpaired) electrons. The van der Waals surface area contributed by atoms with Crippen LogP contribution in [0, 0.1) is 12.8 Å². The van der Waals surface area contributed by atoms with Crippen LogP contribution in [0.5, 0.6) is 0 Å². The van der Waals surface area contributed by atoms with Gasteiger partial charge in [0.25, 0.3) is 0 Å². The van der Waals surface area contributed by atoms with Crippen LogP contribution in [0.15, 0.2) is 12.3 Å². The second-order valence-corrected chi connectivity index (χ2v) is 5.61. The molecule has 3 rings (SSSR count). The maximum absolute atomic E-state index is 12.2. The van der Waals surface area contributed by atoms with E-state index in [0.717, 1.165) is 12.8 Å². The van der Waals surface area contributed by atoms with Crippen LogP contribution in [-0.4, -0.2) is 27.6 Å². The highest BCUT2D eigenvalue weighted by molar-refractivity contribution is 5.96. The van der Waals surface area contributed by atoms with Gasteiger partial charge >= 0.3 is 6.03 Å². The van der Waals surface area contributed by atoms with E-state index in [1.54, 1.807) is 6.20 Å². The Morgan fingerprint density at radius 1 is 1.50 bits per heavy atom. The maximum Gasteiger partial charge on any atom is 0.323 e. The number of carbonyl (C=O) groups is 1. The summed E-state index contributed by atoms with van der Waals surface area (Å²) in [6.45, 7) is 6.16. The lowest BCUT2D eigenvalue weighted by atomic mass is 9.95. The molecule has 0 aromatic carbocycles. The SMILES string of the molecule is Cc1nccc(N2C(=O)NC3(CC3)[C@@H]2C(C)C)n1. The molecular weight excluding hydrogens is 228 g/mol. The van der Waals surface area contributed by atoms with Crippen molar-refractivity contribution >= 4 is 11.8 Å².